The number of carbonyl (C=O) groups is 1. The van der Waals surface area contributed by atoms with E-state index in [0.29, 0.717) is 17.9 Å². The Labute approximate surface area is 186 Å². The van der Waals surface area contributed by atoms with Gasteiger partial charge < -0.3 is 20.6 Å². The molecule has 2 saturated carbocycles. The second kappa shape index (κ2) is 12.2. The highest BCUT2D eigenvalue weighted by atomic mass is 127. The summed E-state index contributed by atoms with van der Waals surface area (Å²) < 4.78 is 0. The summed E-state index contributed by atoms with van der Waals surface area (Å²) in [5.74, 6) is 1.59. The Morgan fingerprint density at radius 3 is 2.32 bits per heavy atom. The van der Waals surface area contributed by atoms with Crippen molar-refractivity contribution in [3.63, 3.8) is 0 Å². The normalized spacial score (nSPS) is 26.9. The molecule has 7 nitrogen and oxygen atoms in total. The molecule has 0 spiro atoms. The molecule has 0 aromatic rings. The van der Waals surface area contributed by atoms with Gasteiger partial charge in [0, 0.05) is 51.2 Å². The highest BCUT2D eigenvalue weighted by molar-refractivity contribution is 14.0. The Bertz CT molecular complexity index is 499. The number of aliphatic imine (C=N–C) groups is 1. The number of aliphatic hydroxyl groups is 1. The van der Waals surface area contributed by atoms with E-state index in [1.54, 1.807) is 0 Å². The van der Waals surface area contributed by atoms with Gasteiger partial charge in [0.25, 0.3) is 0 Å². The van der Waals surface area contributed by atoms with Gasteiger partial charge in [-0.05, 0) is 45.4 Å². The Morgan fingerprint density at radius 2 is 1.75 bits per heavy atom. The van der Waals surface area contributed by atoms with Crippen LogP contribution in [0.3, 0.4) is 0 Å². The number of piperazine rings is 1. The van der Waals surface area contributed by atoms with Crippen LogP contribution >= 0.6 is 24.0 Å². The van der Waals surface area contributed by atoms with E-state index in [0.717, 1.165) is 90.3 Å². The zero-order valence-corrected chi connectivity index (χ0v) is 19.6. The third-order valence-electron chi connectivity index (χ3n) is 6.21. The molecule has 3 N–H and O–H groups in total. The molecular formula is C20H38IN5O2. The van der Waals surface area contributed by atoms with Gasteiger partial charge in [0.1, 0.15) is 0 Å². The summed E-state index contributed by atoms with van der Waals surface area (Å²) >= 11 is 0. The van der Waals surface area contributed by atoms with Gasteiger partial charge in [0.15, 0.2) is 5.96 Å². The molecule has 8 heteroatoms. The van der Waals surface area contributed by atoms with E-state index in [4.69, 9.17) is 4.99 Å². The first-order chi connectivity index (χ1) is 13.2. The summed E-state index contributed by atoms with van der Waals surface area (Å²) in [6.45, 7) is 8.27. The molecule has 28 heavy (non-hydrogen) atoms. The number of rotatable bonds is 6. The lowest BCUT2D eigenvalue weighted by Gasteiger charge is -2.38. The molecule has 1 aliphatic heterocycles. The molecule has 0 bridgehead atoms. The molecule has 3 rings (SSSR count). The van der Waals surface area contributed by atoms with Crippen molar-refractivity contribution in [2.24, 2.45) is 10.9 Å². The summed E-state index contributed by atoms with van der Waals surface area (Å²) in [6, 6.07) is 0.410. The number of hydrogen-bond donors (Lipinski definition) is 3. The van der Waals surface area contributed by atoms with Crippen molar-refractivity contribution in [2.75, 3.05) is 45.8 Å². The first-order valence-corrected chi connectivity index (χ1v) is 10.9. The topological polar surface area (TPSA) is 80.2 Å². The van der Waals surface area contributed by atoms with E-state index in [1.165, 1.54) is 6.42 Å². The Hall–Kier alpha value is -0.610. The molecule has 0 radical (unpaired) electrons. The predicted octanol–water partition coefficient (Wildman–Crippen LogP) is 1.41. The van der Waals surface area contributed by atoms with Crippen LogP contribution < -0.4 is 10.6 Å². The van der Waals surface area contributed by atoms with E-state index in [2.05, 4.69) is 27.4 Å². The zero-order valence-electron chi connectivity index (χ0n) is 17.2. The molecule has 1 saturated heterocycles. The minimum absolute atomic E-state index is 0. The molecule has 3 aliphatic rings. The first-order valence-electron chi connectivity index (χ1n) is 10.9. The van der Waals surface area contributed by atoms with Crippen molar-refractivity contribution in [2.45, 2.75) is 64.0 Å². The summed E-state index contributed by atoms with van der Waals surface area (Å²) in [4.78, 5) is 21.5. The maximum Gasteiger partial charge on any atom is 0.225 e. The number of nitrogens with one attached hydrogen (secondary N) is 2. The van der Waals surface area contributed by atoms with E-state index < -0.39 is 0 Å². The van der Waals surface area contributed by atoms with Crippen molar-refractivity contribution in [1.29, 1.82) is 0 Å². The Balaban J connectivity index is 0.00000280. The van der Waals surface area contributed by atoms with Crippen LogP contribution in [-0.2, 0) is 4.79 Å². The van der Waals surface area contributed by atoms with Gasteiger partial charge in [-0.2, -0.15) is 0 Å². The number of guanidine groups is 1. The molecule has 0 atom stereocenters. The third-order valence-corrected chi connectivity index (χ3v) is 6.21. The monoisotopic (exact) mass is 507 g/mol. The van der Waals surface area contributed by atoms with Gasteiger partial charge in [-0.3, -0.25) is 14.7 Å². The maximum atomic E-state index is 12.3. The number of aliphatic hydroxyl groups excluding tert-OH is 1. The van der Waals surface area contributed by atoms with Crippen molar-refractivity contribution in [3.05, 3.63) is 0 Å². The van der Waals surface area contributed by atoms with Crippen molar-refractivity contribution >= 4 is 35.8 Å². The van der Waals surface area contributed by atoms with Gasteiger partial charge in [-0.15, -0.1) is 24.0 Å². The molecule has 2 aliphatic carbocycles. The summed E-state index contributed by atoms with van der Waals surface area (Å²) in [7, 11) is 0. The SMILES string of the molecule is CCNC(=NCCN1CCN(C(=O)C2CCC2)CC1)NC1CCC(O)CC1.I. The molecule has 1 amide bonds. The minimum Gasteiger partial charge on any atom is -0.393 e. The van der Waals surface area contributed by atoms with Crippen LogP contribution in [0.5, 0.6) is 0 Å². The molecule has 0 aromatic carbocycles. The fraction of sp³-hybridized carbons (Fsp3) is 0.900. The van der Waals surface area contributed by atoms with Crippen LogP contribution in [0, 0.1) is 5.92 Å². The lowest BCUT2D eigenvalue weighted by Crippen LogP contribution is -2.51. The summed E-state index contributed by atoms with van der Waals surface area (Å²) in [5, 5.41) is 16.5. The highest BCUT2D eigenvalue weighted by Crippen LogP contribution is 2.28. The van der Waals surface area contributed by atoms with Gasteiger partial charge >= 0.3 is 0 Å². The maximum absolute atomic E-state index is 12.3. The number of carbonyl (C=O) groups excluding carboxylic acids is 1. The largest absolute Gasteiger partial charge is 0.393 e. The van der Waals surface area contributed by atoms with E-state index in [-0.39, 0.29) is 30.1 Å². The van der Waals surface area contributed by atoms with Crippen LogP contribution in [-0.4, -0.2) is 84.7 Å². The van der Waals surface area contributed by atoms with Crippen molar-refractivity contribution in [3.8, 4) is 0 Å². The Morgan fingerprint density at radius 1 is 1.07 bits per heavy atom. The smallest absolute Gasteiger partial charge is 0.225 e. The molecule has 3 fully saturated rings. The van der Waals surface area contributed by atoms with Crippen LogP contribution in [0.15, 0.2) is 4.99 Å². The van der Waals surface area contributed by atoms with Gasteiger partial charge in [-0.1, -0.05) is 6.42 Å². The lowest BCUT2D eigenvalue weighted by atomic mass is 9.84. The van der Waals surface area contributed by atoms with E-state index >= 15 is 0 Å². The number of hydrogen-bond acceptors (Lipinski definition) is 4. The van der Waals surface area contributed by atoms with Crippen molar-refractivity contribution < 1.29 is 9.90 Å². The van der Waals surface area contributed by atoms with Crippen molar-refractivity contribution in [1.82, 2.24) is 20.4 Å². The average Bonchev–Trinajstić information content (AvgIpc) is 2.63. The van der Waals surface area contributed by atoms with E-state index in [1.807, 2.05) is 0 Å². The highest BCUT2D eigenvalue weighted by Gasteiger charge is 2.31. The zero-order chi connectivity index (χ0) is 19.1. The summed E-state index contributed by atoms with van der Waals surface area (Å²) in [6.07, 6.45) is 7.03. The molecule has 162 valence electrons. The third kappa shape index (κ3) is 7.02. The van der Waals surface area contributed by atoms with Crippen LogP contribution in [0.2, 0.25) is 0 Å². The van der Waals surface area contributed by atoms with Crippen LogP contribution in [0.4, 0.5) is 0 Å². The van der Waals surface area contributed by atoms with Gasteiger partial charge in [0.2, 0.25) is 5.91 Å². The first kappa shape index (κ1) is 23.7. The Kier molecular flexibility index (Phi) is 10.3. The minimum atomic E-state index is -0.127. The number of nitrogens with zero attached hydrogens (tertiary/aromatic N) is 3. The summed E-state index contributed by atoms with van der Waals surface area (Å²) in [5.41, 5.74) is 0. The molecule has 1 heterocycles. The van der Waals surface area contributed by atoms with Crippen LogP contribution in [0.25, 0.3) is 0 Å². The number of halogens is 1. The molecular weight excluding hydrogens is 469 g/mol. The second-order valence-electron chi connectivity index (χ2n) is 8.21. The standard InChI is InChI=1S/C20H37N5O2.HI/c1-2-21-20(23-17-6-8-18(26)9-7-17)22-10-11-24-12-14-25(15-13-24)19(27)16-4-3-5-16;/h16-18,26H,2-15H2,1H3,(H2,21,22,23);1H. The molecule has 0 unspecified atom stereocenters. The van der Waals surface area contributed by atoms with Crippen LogP contribution in [0.1, 0.15) is 51.9 Å². The quantitative estimate of drug-likeness (QED) is 0.288. The lowest BCUT2D eigenvalue weighted by molar-refractivity contribution is -0.139. The predicted molar refractivity (Wildman–Crippen MR) is 123 cm³/mol. The average molecular weight is 507 g/mol. The fourth-order valence-electron chi connectivity index (χ4n) is 4.14. The van der Waals surface area contributed by atoms with Gasteiger partial charge in [0.05, 0.1) is 12.6 Å². The number of amides is 1. The second-order valence-corrected chi connectivity index (χ2v) is 8.21. The molecule has 0 aromatic heterocycles. The fourth-order valence-corrected chi connectivity index (χ4v) is 4.14. The van der Waals surface area contributed by atoms with E-state index in [9.17, 15) is 9.90 Å². The van der Waals surface area contributed by atoms with Gasteiger partial charge in [-0.25, -0.2) is 0 Å².